The summed E-state index contributed by atoms with van der Waals surface area (Å²) in [6.45, 7) is 5.68. The van der Waals surface area contributed by atoms with Crippen LogP contribution in [0.15, 0.2) is 51.7 Å². The summed E-state index contributed by atoms with van der Waals surface area (Å²) in [7, 11) is 0. The van der Waals surface area contributed by atoms with Gasteiger partial charge in [-0.25, -0.2) is 4.79 Å². The van der Waals surface area contributed by atoms with Crippen LogP contribution in [0.4, 0.5) is 5.69 Å². The first-order valence-corrected chi connectivity index (χ1v) is 7.45. The van der Waals surface area contributed by atoms with Crippen LogP contribution < -0.4 is 11.1 Å². The van der Waals surface area contributed by atoms with E-state index in [-0.39, 0.29) is 5.91 Å². The molecule has 0 saturated heterocycles. The van der Waals surface area contributed by atoms with Crippen LogP contribution in [-0.4, -0.2) is 10.5 Å². The Morgan fingerprint density at radius 3 is 2.61 bits per heavy atom. The summed E-state index contributed by atoms with van der Waals surface area (Å²) >= 11 is 0. The number of nitrogens with zero attached hydrogens (tertiary/aromatic N) is 1. The number of para-hydroxylation sites is 2. The Labute approximate surface area is 133 Å². The highest BCUT2D eigenvalue weighted by atomic mass is 16.4. The summed E-state index contributed by atoms with van der Waals surface area (Å²) in [4.78, 5) is 24.5. The maximum atomic E-state index is 12.5. The number of carbonyl (C=O) groups is 1. The number of carbonyl (C=O) groups excluding carboxylic acids is 1. The highest BCUT2D eigenvalue weighted by molar-refractivity contribution is 5.94. The number of amides is 1. The van der Waals surface area contributed by atoms with Gasteiger partial charge in [0.15, 0.2) is 5.58 Å². The van der Waals surface area contributed by atoms with Crippen LogP contribution in [0.3, 0.4) is 0 Å². The Hall–Kier alpha value is -2.82. The number of aryl methyl sites for hydroxylation is 2. The van der Waals surface area contributed by atoms with Gasteiger partial charge in [-0.2, -0.15) is 0 Å². The lowest BCUT2D eigenvalue weighted by atomic mass is 10.1. The van der Waals surface area contributed by atoms with Crippen molar-refractivity contribution >= 4 is 22.7 Å². The Morgan fingerprint density at radius 1 is 1.13 bits per heavy atom. The molecule has 0 unspecified atom stereocenters. The van der Waals surface area contributed by atoms with Crippen LogP contribution >= 0.6 is 0 Å². The third kappa shape index (κ3) is 2.77. The van der Waals surface area contributed by atoms with Gasteiger partial charge in [0.2, 0.25) is 5.91 Å². The van der Waals surface area contributed by atoms with Gasteiger partial charge < -0.3 is 9.73 Å². The first kappa shape index (κ1) is 15.1. The average molecular weight is 310 g/mol. The molecular formula is C18H18N2O3. The van der Waals surface area contributed by atoms with Gasteiger partial charge in [0, 0.05) is 5.69 Å². The molecule has 5 nitrogen and oxygen atoms in total. The second-order valence-corrected chi connectivity index (χ2v) is 5.67. The van der Waals surface area contributed by atoms with E-state index in [2.05, 4.69) is 5.32 Å². The van der Waals surface area contributed by atoms with Crippen molar-refractivity contribution in [2.75, 3.05) is 5.32 Å². The number of hydrogen-bond acceptors (Lipinski definition) is 3. The Balaban J connectivity index is 1.91. The van der Waals surface area contributed by atoms with Crippen LogP contribution in [-0.2, 0) is 4.79 Å². The average Bonchev–Trinajstić information content (AvgIpc) is 2.86. The van der Waals surface area contributed by atoms with Gasteiger partial charge in [0.1, 0.15) is 6.04 Å². The number of benzene rings is 2. The van der Waals surface area contributed by atoms with Crippen LogP contribution in [0.2, 0.25) is 0 Å². The minimum absolute atomic E-state index is 0.262. The molecule has 5 heteroatoms. The smallest absolute Gasteiger partial charge is 0.408 e. The standard InChI is InChI=1S/C18H18N2O3/c1-11-8-9-14(10-12(11)2)19-17(21)13(3)20-15-6-4-5-7-16(15)23-18(20)22/h4-10,13H,1-3H3,(H,19,21)/t13-/m1/s1. The number of nitrogens with one attached hydrogen (secondary N) is 1. The summed E-state index contributed by atoms with van der Waals surface area (Å²) in [6.07, 6.45) is 0. The zero-order chi connectivity index (χ0) is 16.6. The van der Waals surface area contributed by atoms with Gasteiger partial charge in [-0.05, 0) is 56.2 Å². The van der Waals surface area contributed by atoms with Gasteiger partial charge in [-0.3, -0.25) is 9.36 Å². The molecule has 1 amide bonds. The second kappa shape index (κ2) is 5.76. The van der Waals surface area contributed by atoms with Crippen LogP contribution in [0.5, 0.6) is 0 Å². The minimum atomic E-state index is -0.673. The molecule has 1 atom stereocenters. The van der Waals surface area contributed by atoms with E-state index in [1.165, 1.54) is 4.57 Å². The van der Waals surface area contributed by atoms with Crippen molar-refractivity contribution in [2.45, 2.75) is 26.8 Å². The summed E-state index contributed by atoms with van der Waals surface area (Å²) < 4.78 is 6.55. The topological polar surface area (TPSA) is 64.2 Å². The van der Waals surface area contributed by atoms with Crippen LogP contribution in [0, 0.1) is 13.8 Å². The lowest BCUT2D eigenvalue weighted by molar-refractivity contribution is -0.118. The molecule has 1 aromatic heterocycles. The van der Waals surface area contributed by atoms with Crippen molar-refractivity contribution in [3.05, 3.63) is 64.1 Å². The van der Waals surface area contributed by atoms with Crippen molar-refractivity contribution in [1.82, 2.24) is 4.57 Å². The van der Waals surface area contributed by atoms with Gasteiger partial charge in [0.05, 0.1) is 5.52 Å². The Kier molecular flexibility index (Phi) is 3.78. The third-order valence-electron chi connectivity index (χ3n) is 4.06. The molecule has 23 heavy (non-hydrogen) atoms. The molecule has 0 radical (unpaired) electrons. The lowest BCUT2D eigenvalue weighted by Crippen LogP contribution is -2.29. The highest BCUT2D eigenvalue weighted by Crippen LogP contribution is 2.19. The van der Waals surface area contributed by atoms with E-state index in [0.717, 1.165) is 11.1 Å². The molecule has 1 heterocycles. The zero-order valence-corrected chi connectivity index (χ0v) is 13.3. The number of aromatic nitrogens is 1. The van der Waals surface area contributed by atoms with Crippen molar-refractivity contribution in [3.8, 4) is 0 Å². The third-order valence-corrected chi connectivity index (χ3v) is 4.06. The lowest BCUT2D eigenvalue weighted by Gasteiger charge is -2.14. The summed E-state index contributed by atoms with van der Waals surface area (Å²) in [5, 5.41) is 2.85. The van der Waals surface area contributed by atoms with Crippen molar-refractivity contribution in [1.29, 1.82) is 0 Å². The number of hydrogen-bond donors (Lipinski definition) is 1. The molecule has 3 rings (SSSR count). The largest absolute Gasteiger partial charge is 0.420 e. The molecule has 0 aliphatic heterocycles. The number of rotatable bonds is 3. The highest BCUT2D eigenvalue weighted by Gasteiger charge is 2.21. The molecule has 0 bridgehead atoms. The van der Waals surface area contributed by atoms with E-state index in [0.29, 0.717) is 16.8 Å². The van der Waals surface area contributed by atoms with E-state index >= 15 is 0 Å². The minimum Gasteiger partial charge on any atom is -0.408 e. The summed E-state index contributed by atoms with van der Waals surface area (Å²) in [5.74, 6) is -0.796. The van der Waals surface area contributed by atoms with E-state index in [1.807, 2.05) is 38.1 Å². The van der Waals surface area contributed by atoms with Gasteiger partial charge in [-0.15, -0.1) is 0 Å². The van der Waals surface area contributed by atoms with Crippen molar-refractivity contribution in [2.24, 2.45) is 0 Å². The molecule has 0 aliphatic rings. The molecule has 118 valence electrons. The monoisotopic (exact) mass is 310 g/mol. The summed E-state index contributed by atoms with van der Waals surface area (Å²) in [6, 6.07) is 12.1. The SMILES string of the molecule is Cc1ccc(NC(=O)[C@@H](C)n2c(=O)oc3ccccc32)cc1C. The van der Waals surface area contributed by atoms with E-state index in [1.54, 1.807) is 25.1 Å². The Bertz CT molecular complexity index is 937. The Morgan fingerprint density at radius 2 is 1.87 bits per heavy atom. The summed E-state index contributed by atoms with van der Waals surface area (Å²) in [5.41, 5.74) is 4.06. The first-order valence-electron chi connectivity index (χ1n) is 7.45. The van der Waals surface area contributed by atoms with Crippen LogP contribution in [0.1, 0.15) is 24.1 Å². The first-order chi connectivity index (χ1) is 11.0. The van der Waals surface area contributed by atoms with Crippen molar-refractivity contribution in [3.63, 3.8) is 0 Å². The molecule has 0 fully saturated rings. The quantitative estimate of drug-likeness (QED) is 0.806. The maximum absolute atomic E-state index is 12.5. The van der Waals surface area contributed by atoms with Gasteiger partial charge in [0.25, 0.3) is 0 Å². The van der Waals surface area contributed by atoms with Gasteiger partial charge in [-0.1, -0.05) is 18.2 Å². The number of oxazole rings is 1. The fraction of sp³-hybridized carbons (Fsp3) is 0.222. The van der Waals surface area contributed by atoms with Crippen LogP contribution in [0.25, 0.3) is 11.1 Å². The fourth-order valence-electron chi connectivity index (χ4n) is 2.53. The molecule has 1 N–H and O–H groups in total. The van der Waals surface area contributed by atoms with E-state index < -0.39 is 11.8 Å². The number of fused-ring (bicyclic) bond motifs is 1. The maximum Gasteiger partial charge on any atom is 0.420 e. The van der Waals surface area contributed by atoms with Gasteiger partial charge >= 0.3 is 5.76 Å². The zero-order valence-electron chi connectivity index (χ0n) is 13.3. The predicted molar refractivity (Wildman–Crippen MR) is 89.7 cm³/mol. The molecule has 0 saturated carbocycles. The molecule has 2 aromatic carbocycles. The number of anilines is 1. The molecular weight excluding hydrogens is 292 g/mol. The van der Waals surface area contributed by atoms with E-state index in [4.69, 9.17) is 4.42 Å². The second-order valence-electron chi connectivity index (χ2n) is 5.67. The molecule has 3 aromatic rings. The molecule has 0 aliphatic carbocycles. The molecule has 0 spiro atoms. The van der Waals surface area contributed by atoms with Crippen molar-refractivity contribution < 1.29 is 9.21 Å². The van der Waals surface area contributed by atoms with E-state index in [9.17, 15) is 9.59 Å². The predicted octanol–water partition coefficient (Wildman–Crippen LogP) is 3.41. The normalized spacial score (nSPS) is 12.3. The fourth-order valence-corrected chi connectivity index (χ4v) is 2.53.